The molecule has 0 unspecified atom stereocenters. The fourth-order valence-corrected chi connectivity index (χ4v) is 3.05. The van der Waals surface area contributed by atoms with Gasteiger partial charge in [0.25, 0.3) is 5.91 Å². The maximum atomic E-state index is 12.1. The molecule has 0 aliphatic heterocycles. The van der Waals surface area contributed by atoms with Gasteiger partial charge in [0.05, 0.1) is 6.26 Å². The molecule has 0 bridgehead atoms. The van der Waals surface area contributed by atoms with Gasteiger partial charge in [-0.1, -0.05) is 29.5 Å². The summed E-state index contributed by atoms with van der Waals surface area (Å²) in [7, 11) is 0. The number of carbonyl (C=O) groups is 1. The molecule has 7 heteroatoms. The Morgan fingerprint density at radius 2 is 2.14 bits per heavy atom. The molecule has 106 valence electrons. The van der Waals surface area contributed by atoms with Crippen LogP contribution in [0.3, 0.4) is 0 Å². The lowest BCUT2D eigenvalue weighted by molar-refractivity contribution is 0.0995. The van der Waals surface area contributed by atoms with Crippen molar-refractivity contribution >= 4 is 34.1 Å². The Kier molecular flexibility index (Phi) is 4.32. The number of amides is 1. The molecule has 5 nitrogen and oxygen atoms in total. The quantitative estimate of drug-likeness (QED) is 0.727. The minimum atomic E-state index is -0.305. The van der Waals surface area contributed by atoms with Gasteiger partial charge in [0.1, 0.15) is 5.51 Å². The van der Waals surface area contributed by atoms with E-state index in [9.17, 15) is 4.79 Å². The van der Waals surface area contributed by atoms with Gasteiger partial charge in [0.15, 0.2) is 5.76 Å². The van der Waals surface area contributed by atoms with E-state index in [1.165, 1.54) is 17.6 Å². The number of thioether (sulfide) groups is 1. The van der Waals surface area contributed by atoms with E-state index >= 15 is 0 Å². The summed E-state index contributed by atoms with van der Waals surface area (Å²) in [6.07, 6.45) is 1.52. The number of anilines is 1. The summed E-state index contributed by atoms with van der Waals surface area (Å²) < 4.78 is 5.29. The Morgan fingerprint density at radius 3 is 2.90 bits per heavy atom. The normalized spacial score (nSPS) is 10.5. The van der Waals surface area contributed by atoms with Crippen LogP contribution in [0.5, 0.6) is 0 Å². The second-order valence-corrected chi connectivity index (χ2v) is 5.96. The first-order chi connectivity index (χ1) is 10.3. The number of hydrogen-bond donors (Lipinski definition) is 1. The first-order valence-corrected chi connectivity index (χ1v) is 8.01. The highest BCUT2D eigenvalue weighted by molar-refractivity contribution is 7.98. The topological polar surface area (TPSA) is 68.0 Å². The lowest BCUT2D eigenvalue weighted by atomic mass is 10.3. The monoisotopic (exact) mass is 317 g/mol. The van der Waals surface area contributed by atoms with Crippen molar-refractivity contribution in [1.29, 1.82) is 0 Å². The molecule has 1 aromatic carbocycles. The number of carbonyl (C=O) groups excluding carboxylic acids is 1. The molecule has 0 saturated carbocycles. The fourth-order valence-electron chi connectivity index (χ4n) is 1.71. The number of furan rings is 1. The highest BCUT2D eigenvalue weighted by Gasteiger charge is 2.16. The van der Waals surface area contributed by atoms with Crippen molar-refractivity contribution in [3.8, 4) is 0 Å². The summed E-state index contributed by atoms with van der Waals surface area (Å²) in [5, 5.41) is 10.6. The Bertz CT molecular complexity index is 711. The highest BCUT2D eigenvalue weighted by atomic mass is 32.2. The molecule has 1 N–H and O–H groups in total. The molecule has 21 heavy (non-hydrogen) atoms. The zero-order valence-electron chi connectivity index (χ0n) is 10.9. The molecule has 0 aliphatic rings. The van der Waals surface area contributed by atoms with E-state index in [0.29, 0.717) is 16.6 Å². The minimum absolute atomic E-state index is 0.305. The Balaban J connectivity index is 1.67. The van der Waals surface area contributed by atoms with Crippen LogP contribution in [-0.4, -0.2) is 16.1 Å². The van der Waals surface area contributed by atoms with Crippen LogP contribution in [0.1, 0.15) is 16.1 Å². The van der Waals surface area contributed by atoms with Gasteiger partial charge >= 0.3 is 0 Å². The molecular formula is C14H11N3O2S2. The van der Waals surface area contributed by atoms with Crippen LogP contribution in [-0.2, 0) is 5.75 Å². The van der Waals surface area contributed by atoms with E-state index in [1.54, 1.807) is 17.3 Å². The largest absolute Gasteiger partial charge is 0.459 e. The molecule has 0 saturated heterocycles. The third-order valence-electron chi connectivity index (χ3n) is 2.67. The van der Waals surface area contributed by atoms with E-state index in [2.05, 4.69) is 15.5 Å². The van der Waals surface area contributed by atoms with Crippen molar-refractivity contribution in [3.05, 3.63) is 59.5 Å². The maximum absolute atomic E-state index is 12.1. The molecule has 2 heterocycles. The van der Waals surface area contributed by atoms with Gasteiger partial charge in [-0.25, -0.2) is 0 Å². The first-order valence-electron chi connectivity index (χ1n) is 6.14. The summed E-state index contributed by atoms with van der Waals surface area (Å²) in [5.41, 5.74) is 2.41. The van der Waals surface area contributed by atoms with E-state index < -0.39 is 0 Å². The molecule has 3 aromatic rings. The minimum Gasteiger partial charge on any atom is -0.459 e. The van der Waals surface area contributed by atoms with Crippen molar-refractivity contribution in [1.82, 2.24) is 10.2 Å². The predicted octanol–water partition coefficient (Wildman–Crippen LogP) is 3.68. The summed E-state index contributed by atoms with van der Waals surface area (Å²) in [6, 6.07) is 11.8. The molecular weight excluding hydrogens is 306 g/mol. The summed E-state index contributed by atoms with van der Waals surface area (Å²) in [4.78, 5) is 13.3. The summed E-state index contributed by atoms with van der Waals surface area (Å²) >= 11 is 2.92. The average Bonchev–Trinajstić information content (AvgIpc) is 3.17. The predicted molar refractivity (Wildman–Crippen MR) is 82.6 cm³/mol. The van der Waals surface area contributed by atoms with Gasteiger partial charge in [-0.05, 0) is 18.2 Å². The standard InChI is InChI=1S/C14H11N3O2S2/c18-13(16-14-17-15-9-21-14)12-10(6-7-19-12)8-20-11-4-2-1-3-5-11/h1-7,9H,8H2,(H,16,17,18). The average molecular weight is 317 g/mol. The number of nitrogens with one attached hydrogen (secondary N) is 1. The third-order valence-corrected chi connectivity index (χ3v) is 4.34. The Hall–Kier alpha value is -2.12. The second-order valence-electron chi connectivity index (χ2n) is 4.07. The Morgan fingerprint density at radius 1 is 1.29 bits per heavy atom. The molecule has 2 aromatic heterocycles. The lowest BCUT2D eigenvalue weighted by Crippen LogP contribution is -2.12. The SMILES string of the molecule is O=C(Nc1nncs1)c1occc1CSc1ccccc1. The number of nitrogens with zero attached hydrogens (tertiary/aromatic N) is 2. The molecule has 0 radical (unpaired) electrons. The third kappa shape index (κ3) is 3.50. The van der Waals surface area contributed by atoms with Gasteiger partial charge in [0.2, 0.25) is 5.13 Å². The Labute approximate surface area is 129 Å². The van der Waals surface area contributed by atoms with Gasteiger partial charge < -0.3 is 4.42 Å². The van der Waals surface area contributed by atoms with Gasteiger partial charge in [-0.15, -0.1) is 22.0 Å². The van der Waals surface area contributed by atoms with Crippen molar-refractivity contribution < 1.29 is 9.21 Å². The second kappa shape index (κ2) is 6.55. The molecule has 0 spiro atoms. The van der Waals surface area contributed by atoms with Crippen molar-refractivity contribution in [2.45, 2.75) is 10.6 Å². The van der Waals surface area contributed by atoms with Crippen LogP contribution < -0.4 is 5.32 Å². The molecule has 3 rings (SSSR count). The zero-order chi connectivity index (χ0) is 14.5. The summed E-state index contributed by atoms with van der Waals surface area (Å²) in [5.74, 6) is 0.674. The van der Waals surface area contributed by atoms with Gasteiger partial charge in [-0.3, -0.25) is 10.1 Å². The molecule has 0 atom stereocenters. The highest BCUT2D eigenvalue weighted by Crippen LogP contribution is 2.25. The number of rotatable bonds is 5. The van der Waals surface area contributed by atoms with Crippen LogP contribution in [0.2, 0.25) is 0 Å². The number of hydrogen-bond acceptors (Lipinski definition) is 6. The molecule has 0 fully saturated rings. The van der Waals surface area contributed by atoms with Crippen LogP contribution in [0.4, 0.5) is 5.13 Å². The molecule has 0 aliphatic carbocycles. The van der Waals surface area contributed by atoms with E-state index in [-0.39, 0.29) is 5.91 Å². The zero-order valence-corrected chi connectivity index (χ0v) is 12.5. The van der Waals surface area contributed by atoms with Gasteiger partial charge in [0, 0.05) is 16.2 Å². The summed E-state index contributed by atoms with van der Waals surface area (Å²) in [6.45, 7) is 0. The van der Waals surface area contributed by atoms with Crippen LogP contribution in [0.25, 0.3) is 0 Å². The van der Waals surface area contributed by atoms with E-state index in [4.69, 9.17) is 4.42 Å². The van der Waals surface area contributed by atoms with Gasteiger partial charge in [-0.2, -0.15) is 0 Å². The van der Waals surface area contributed by atoms with Crippen molar-refractivity contribution in [2.75, 3.05) is 5.32 Å². The fraction of sp³-hybridized carbons (Fsp3) is 0.0714. The molecule has 1 amide bonds. The van der Waals surface area contributed by atoms with E-state index in [1.807, 2.05) is 36.4 Å². The number of benzene rings is 1. The lowest BCUT2D eigenvalue weighted by Gasteiger charge is -2.03. The first kappa shape index (κ1) is 13.8. The van der Waals surface area contributed by atoms with Crippen molar-refractivity contribution in [3.63, 3.8) is 0 Å². The van der Waals surface area contributed by atoms with Crippen molar-refractivity contribution in [2.24, 2.45) is 0 Å². The van der Waals surface area contributed by atoms with Crippen LogP contribution >= 0.6 is 23.1 Å². The van der Waals surface area contributed by atoms with E-state index in [0.717, 1.165) is 10.5 Å². The van der Waals surface area contributed by atoms with Crippen LogP contribution in [0.15, 0.2) is 57.5 Å². The smallest absolute Gasteiger partial charge is 0.293 e. The van der Waals surface area contributed by atoms with Crippen LogP contribution in [0, 0.1) is 0 Å². The maximum Gasteiger partial charge on any atom is 0.293 e. The number of aromatic nitrogens is 2.